The van der Waals surface area contributed by atoms with Crippen molar-refractivity contribution in [3.63, 3.8) is 0 Å². The van der Waals surface area contributed by atoms with Gasteiger partial charge in [-0.05, 0) is 36.4 Å². The molecule has 1 saturated heterocycles. The number of hydrogen-bond donors (Lipinski definition) is 1. The zero-order valence-electron chi connectivity index (χ0n) is 14.9. The van der Waals surface area contributed by atoms with E-state index in [0.717, 1.165) is 24.5 Å². The van der Waals surface area contributed by atoms with Crippen LogP contribution in [0.4, 0.5) is 11.4 Å². The van der Waals surface area contributed by atoms with Gasteiger partial charge in [0.25, 0.3) is 5.91 Å². The molecule has 0 atom stereocenters. The Kier molecular flexibility index (Phi) is 5.36. The number of carbonyl (C=O) groups is 2. The molecule has 3 rings (SSSR count). The van der Waals surface area contributed by atoms with Gasteiger partial charge in [-0.3, -0.25) is 14.6 Å². The number of methoxy groups -OCH3 is 1. The molecule has 2 heterocycles. The van der Waals surface area contributed by atoms with E-state index in [1.54, 1.807) is 50.6 Å². The highest BCUT2D eigenvalue weighted by atomic mass is 16.5. The molecule has 7 nitrogen and oxygen atoms in total. The molecule has 0 unspecified atom stereocenters. The number of amides is 2. The first kappa shape index (κ1) is 17.7. The molecule has 0 bridgehead atoms. The summed E-state index contributed by atoms with van der Waals surface area (Å²) >= 11 is 0. The number of rotatable bonds is 4. The molecule has 1 aliphatic heterocycles. The van der Waals surface area contributed by atoms with Crippen LogP contribution in [-0.4, -0.2) is 55.0 Å². The minimum atomic E-state index is -0.264. The molecule has 7 heteroatoms. The van der Waals surface area contributed by atoms with Crippen LogP contribution < -0.4 is 15.0 Å². The average Bonchev–Trinajstić information content (AvgIpc) is 2.68. The number of benzene rings is 1. The van der Waals surface area contributed by atoms with E-state index >= 15 is 0 Å². The Morgan fingerprint density at radius 2 is 1.77 bits per heavy atom. The zero-order valence-corrected chi connectivity index (χ0v) is 14.9. The van der Waals surface area contributed by atoms with Gasteiger partial charge in [-0.2, -0.15) is 0 Å². The number of nitrogens with zero attached hydrogens (tertiary/aromatic N) is 3. The highest BCUT2D eigenvalue weighted by molar-refractivity contribution is 6.03. The van der Waals surface area contributed by atoms with Gasteiger partial charge < -0.3 is 19.9 Å². The minimum Gasteiger partial charge on any atom is -0.497 e. The van der Waals surface area contributed by atoms with Crippen molar-refractivity contribution in [3.05, 3.63) is 48.3 Å². The molecule has 1 aromatic carbocycles. The SMILES string of the molecule is COc1ccc(NC(=O)c2cc(N3CCN(C(C)=O)CC3)ccn2)cc1. The maximum absolute atomic E-state index is 12.5. The van der Waals surface area contributed by atoms with Crippen molar-refractivity contribution in [2.24, 2.45) is 0 Å². The Morgan fingerprint density at radius 3 is 2.38 bits per heavy atom. The highest BCUT2D eigenvalue weighted by Crippen LogP contribution is 2.19. The Bertz CT molecular complexity index is 784. The molecule has 1 fully saturated rings. The van der Waals surface area contributed by atoms with Crippen LogP contribution in [0.1, 0.15) is 17.4 Å². The van der Waals surface area contributed by atoms with Gasteiger partial charge in [-0.15, -0.1) is 0 Å². The lowest BCUT2D eigenvalue weighted by atomic mass is 10.2. The predicted molar refractivity (Wildman–Crippen MR) is 99.7 cm³/mol. The molecule has 2 amide bonds. The lowest BCUT2D eigenvalue weighted by molar-refractivity contribution is -0.129. The van der Waals surface area contributed by atoms with Gasteiger partial charge in [0.05, 0.1) is 7.11 Å². The van der Waals surface area contributed by atoms with Crippen molar-refractivity contribution >= 4 is 23.2 Å². The minimum absolute atomic E-state index is 0.0962. The number of carbonyl (C=O) groups excluding carboxylic acids is 2. The normalized spacial score (nSPS) is 14.1. The van der Waals surface area contributed by atoms with Crippen LogP contribution in [0.2, 0.25) is 0 Å². The molecule has 136 valence electrons. The van der Waals surface area contributed by atoms with E-state index in [0.29, 0.717) is 24.5 Å². The summed E-state index contributed by atoms with van der Waals surface area (Å²) in [5.41, 5.74) is 1.97. The Balaban J connectivity index is 1.66. The summed E-state index contributed by atoms with van der Waals surface area (Å²) in [6.07, 6.45) is 1.63. The summed E-state index contributed by atoms with van der Waals surface area (Å²) in [5, 5.41) is 2.83. The molecule has 0 spiro atoms. The fourth-order valence-corrected chi connectivity index (χ4v) is 2.89. The molecular formula is C19H22N4O3. The van der Waals surface area contributed by atoms with Crippen LogP contribution >= 0.6 is 0 Å². The summed E-state index contributed by atoms with van der Waals surface area (Å²) in [6, 6.07) is 10.8. The second-order valence-corrected chi connectivity index (χ2v) is 6.08. The van der Waals surface area contributed by atoms with Gasteiger partial charge in [0, 0.05) is 50.7 Å². The van der Waals surface area contributed by atoms with Crippen LogP contribution in [0.25, 0.3) is 0 Å². The van der Waals surface area contributed by atoms with E-state index in [4.69, 9.17) is 4.74 Å². The van der Waals surface area contributed by atoms with E-state index in [-0.39, 0.29) is 11.8 Å². The first-order valence-corrected chi connectivity index (χ1v) is 8.49. The monoisotopic (exact) mass is 354 g/mol. The third kappa shape index (κ3) is 4.11. The van der Waals surface area contributed by atoms with E-state index in [2.05, 4.69) is 15.2 Å². The van der Waals surface area contributed by atoms with Gasteiger partial charge in [0.2, 0.25) is 5.91 Å². The molecule has 2 aromatic rings. The molecule has 0 radical (unpaired) electrons. The fourth-order valence-electron chi connectivity index (χ4n) is 2.89. The first-order chi connectivity index (χ1) is 12.6. The summed E-state index contributed by atoms with van der Waals surface area (Å²) in [4.78, 5) is 32.1. The quantitative estimate of drug-likeness (QED) is 0.909. The second-order valence-electron chi connectivity index (χ2n) is 6.08. The summed E-state index contributed by atoms with van der Waals surface area (Å²) in [7, 11) is 1.60. The predicted octanol–water partition coefficient (Wildman–Crippen LogP) is 2.01. The van der Waals surface area contributed by atoms with Crippen LogP contribution in [0.15, 0.2) is 42.6 Å². The molecule has 0 saturated carbocycles. The van der Waals surface area contributed by atoms with Gasteiger partial charge in [0.15, 0.2) is 0 Å². The largest absolute Gasteiger partial charge is 0.497 e. The van der Waals surface area contributed by atoms with Crippen LogP contribution in [-0.2, 0) is 4.79 Å². The van der Waals surface area contributed by atoms with Crippen molar-refractivity contribution in [2.75, 3.05) is 43.5 Å². The Labute approximate surface area is 152 Å². The van der Waals surface area contributed by atoms with E-state index in [9.17, 15) is 9.59 Å². The first-order valence-electron chi connectivity index (χ1n) is 8.49. The van der Waals surface area contributed by atoms with Crippen molar-refractivity contribution in [3.8, 4) is 5.75 Å². The third-order valence-corrected chi connectivity index (χ3v) is 4.41. The molecule has 26 heavy (non-hydrogen) atoms. The number of piperazine rings is 1. The smallest absolute Gasteiger partial charge is 0.274 e. The topological polar surface area (TPSA) is 74.8 Å². The summed E-state index contributed by atoms with van der Waals surface area (Å²) in [5.74, 6) is 0.561. The van der Waals surface area contributed by atoms with Crippen molar-refractivity contribution in [2.45, 2.75) is 6.92 Å². The molecule has 1 aliphatic rings. The lowest BCUT2D eigenvalue weighted by Gasteiger charge is -2.35. The highest BCUT2D eigenvalue weighted by Gasteiger charge is 2.19. The van der Waals surface area contributed by atoms with Crippen molar-refractivity contribution in [1.29, 1.82) is 0 Å². The third-order valence-electron chi connectivity index (χ3n) is 4.41. The van der Waals surface area contributed by atoms with Gasteiger partial charge in [0.1, 0.15) is 11.4 Å². The molecule has 0 aliphatic carbocycles. The van der Waals surface area contributed by atoms with E-state index < -0.39 is 0 Å². The van der Waals surface area contributed by atoms with Gasteiger partial charge in [-0.25, -0.2) is 0 Å². The number of anilines is 2. The van der Waals surface area contributed by atoms with Gasteiger partial charge >= 0.3 is 0 Å². The zero-order chi connectivity index (χ0) is 18.5. The average molecular weight is 354 g/mol. The second kappa shape index (κ2) is 7.86. The molecule has 1 aromatic heterocycles. The number of aromatic nitrogens is 1. The summed E-state index contributed by atoms with van der Waals surface area (Å²) in [6.45, 7) is 4.44. The lowest BCUT2D eigenvalue weighted by Crippen LogP contribution is -2.48. The van der Waals surface area contributed by atoms with E-state index in [1.165, 1.54) is 0 Å². The van der Waals surface area contributed by atoms with E-state index in [1.807, 2.05) is 11.0 Å². The maximum atomic E-state index is 12.5. The number of hydrogen-bond acceptors (Lipinski definition) is 5. The Hall–Kier alpha value is -3.09. The molecular weight excluding hydrogens is 332 g/mol. The number of ether oxygens (including phenoxy) is 1. The van der Waals surface area contributed by atoms with Crippen LogP contribution in [0, 0.1) is 0 Å². The van der Waals surface area contributed by atoms with Crippen molar-refractivity contribution < 1.29 is 14.3 Å². The standard InChI is InChI=1S/C19H22N4O3/c1-14(24)22-9-11-23(12-10-22)16-7-8-20-18(13-16)19(25)21-15-3-5-17(26-2)6-4-15/h3-8,13H,9-12H2,1-2H3,(H,21,25). The van der Waals surface area contributed by atoms with Gasteiger partial charge in [-0.1, -0.05) is 0 Å². The Morgan fingerprint density at radius 1 is 1.08 bits per heavy atom. The van der Waals surface area contributed by atoms with Crippen LogP contribution in [0.3, 0.4) is 0 Å². The van der Waals surface area contributed by atoms with Crippen LogP contribution in [0.5, 0.6) is 5.75 Å². The number of nitrogens with one attached hydrogen (secondary N) is 1. The maximum Gasteiger partial charge on any atom is 0.274 e. The fraction of sp³-hybridized carbons (Fsp3) is 0.316. The van der Waals surface area contributed by atoms with Crippen molar-refractivity contribution in [1.82, 2.24) is 9.88 Å². The number of pyridine rings is 1. The summed E-state index contributed by atoms with van der Waals surface area (Å²) < 4.78 is 5.11. The molecule has 1 N–H and O–H groups in total.